The fourth-order valence-electron chi connectivity index (χ4n) is 4.73. The van der Waals surface area contributed by atoms with Crippen LogP contribution in [0.1, 0.15) is 24.8 Å². The molecule has 33 heavy (non-hydrogen) atoms. The van der Waals surface area contributed by atoms with Gasteiger partial charge >= 0.3 is 0 Å². The van der Waals surface area contributed by atoms with Gasteiger partial charge < -0.3 is 25.3 Å². The molecule has 0 atom stereocenters. The fraction of sp³-hybridized carbons (Fsp3) is 0.435. The van der Waals surface area contributed by atoms with E-state index in [2.05, 4.69) is 25.4 Å². The van der Waals surface area contributed by atoms with Crippen LogP contribution in [0.4, 0.5) is 11.6 Å². The van der Waals surface area contributed by atoms with Crippen molar-refractivity contribution in [3.63, 3.8) is 0 Å². The van der Waals surface area contributed by atoms with Gasteiger partial charge in [0.25, 0.3) is 5.89 Å². The van der Waals surface area contributed by atoms with Gasteiger partial charge in [-0.15, -0.1) is 10.2 Å². The number of piperidine rings is 1. The first kappa shape index (κ1) is 21.3. The standard InChI is InChI=1S/C23H28N8O2/c1-25-13-15-3-5-16(6-4-15)20-28-29-21(33-20)18-19(24)26-14-17(27-18)31-11-8-23(9-12-31)7-10-30(2)22(23)32/h3-6,14,25H,7-13H2,1-2H3,(H2,24,26). The molecule has 3 aromatic rings. The molecule has 10 nitrogen and oxygen atoms in total. The van der Waals surface area contributed by atoms with Gasteiger partial charge in [-0.3, -0.25) is 4.79 Å². The molecule has 2 saturated heterocycles. The van der Waals surface area contributed by atoms with Gasteiger partial charge in [0.2, 0.25) is 11.8 Å². The number of amides is 1. The zero-order valence-electron chi connectivity index (χ0n) is 18.9. The number of benzene rings is 1. The molecule has 3 N–H and O–H groups in total. The minimum Gasteiger partial charge on any atom is -0.414 e. The van der Waals surface area contributed by atoms with E-state index < -0.39 is 0 Å². The first-order valence-electron chi connectivity index (χ1n) is 11.2. The maximum Gasteiger partial charge on any atom is 0.270 e. The van der Waals surface area contributed by atoms with Crippen molar-refractivity contribution in [2.75, 3.05) is 44.4 Å². The lowest BCUT2D eigenvalue weighted by molar-refractivity contribution is -0.135. The number of nitrogens with zero attached hydrogens (tertiary/aromatic N) is 6. The molecule has 0 radical (unpaired) electrons. The predicted molar refractivity (Wildman–Crippen MR) is 124 cm³/mol. The number of aromatic nitrogens is 4. The van der Waals surface area contributed by atoms with Gasteiger partial charge in [0.05, 0.1) is 11.6 Å². The van der Waals surface area contributed by atoms with E-state index in [0.717, 1.165) is 56.6 Å². The van der Waals surface area contributed by atoms with E-state index in [1.54, 1.807) is 6.20 Å². The summed E-state index contributed by atoms with van der Waals surface area (Å²) >= 11 is 0. The summed E-state index contributed by atoms with van der Waals surface area (Å²) in [7, 11) is 3.79. The maximum absolute atomic E-state index is 12.6. The highest BCUT2D eigenvalue weighted by atomic mass is 16.4. The Bertz CT molecular complexity index is 1150. The molecule has 5 rings (SSSR count). The number of nitrogens with one attached hydrogen (secondary N) is 1. The molecule has 1 amide bonds. The van der Waals surface area contributed by atoms with E-state index in [9.17, 15) is 4.79 Å². The van der Waals surface area contributed by atoms with Gasteiger partial charge in [-0.1, -0.05) is 12.1 Å². The highest BCUT2D eigenvalue weighted by molar-refractivity contribution is 5.85. The second kappa shape index (κ2) is 8.43. The summed E-state index contributed by atoms with van der Waals surface area (Å²) in [4.78, 5) is 25.6. The Morgan fingerprint density at radius 3 is 2.45 bits per heavy atom. The third-order valence-corrected chi connectivity index (χ3v) is 6.77. The van der Waals surface area contributed by atoms with Crippen molar-refractivity contribution in [2.24, 2.45) is 5.41 Å². The maximum atomic E-state index is 12.6. The van der Waals surface area contributed by atoms with Crippen LogP contribution in [-0.2, 0) is 11.3 Å². The molecule has 0 aliphatic carbocycles. The van der Waals surface area contributed by atoms with E-state index in [0.29, 0.717) is 17.4 Å². The van der Waals surface area contributed by atoms with Gasteiger partial charge in [0.1, 0.15) is 5.82 Å². The van der Waals surface area contributed by atoms with Crippen molar-refractivity contribution in [2.45, 2.75) is 25.8 Å². The number of anilines is 2. The molecule has 1 spiro atoms. The van der Waals surface area contributed by atoms with Crippen molar-refractivity contribution in [1.29, 1.82) is 0 Å². The Balaban J connectivity index is 1.34. The fourth-order valence-corrected chi connectivity index (χ4v) is 4.73. The largest absolute Gasteiger partial charge is 0.414 e. The number of rotatable bonds is 5. The molecule has 2 fully saturated rings. The van der Waals surface area contributed by atoms with Crippen molar-refractivity contribution >= 4 is 17.5 Å². The molecule has 172 valence electrons. The summed E-state index contributed by atoms with van der Waals surface area (Å²) in [5, 5.41) is 11.5. The number of nitrogens with two attached hydrogens (primary N) is 1. The predicted octanol–water partition coefficient (Wildman–Crippen LogP) is 1.94. The highest BCUT2D eigenvalue weighted by Gasteiger charge is 2.47. The Morgan fingerprint density at radius 1 is 1.09 bits per heavy atom. The number of carbonyl (C=O) groups is 1. The number of nitrogen functional groups attached to an aromatic ring is 1. The number of likely N-dealkylation sites (tertiary alicyclic amines) is 1. The molecule has 4 heterocycles. The van der Waals surface area contributed by atoms with Crippen molar-refractivity contribution in [1.82, 2.24) is 30.4 Å². The van der Waals surface area contributed by atoms with Gasteiger partial charge in [0, 0.05) is 38.8 Å². The number of hydrogen-bond donors (Lipinski definition) is 2. The van der Waals surface area contributed by atoms with Crippen LogP contribution in [0.3, 0.4) is 0 Å². The summed E-state index contributed by atoms with van der Waals surface area (Å²) in [5.74, 6) is 1.83. The van der Waals surface area contributed by atoms with Crippen LogP contribution >= 0.6 is 0 Å². The SMILES string of the molecule is CNCc1ccc(-c2nnc(-c3nc(N4CCC5(CCN(C)C5=O)CC4)cnc3N)o2)cc1. The van der Waals surface area contributed by atoms with Crippen LogP contribution in [0.15, 0.2) is 34.9 Å². The number of carbonyl (C=O) groups excluding carboxylic acids is 1. The monoisotopic (exact) mass is 448 g/mol. The summed E-state index contributed by atoms with van der Waals surface area (Å²) in [6, 6.07) is 7.92. The van der Waals surface area contributed by atoms with Crippen molar-refractivity contribution < 1.29 is 9.21 Å². The molecule has 1 aromatic carbocycles. The summed E-state index contributed by atoms with van der Waals surface area (Å²) in [5.41, 5.74) is 8.24. The molecular formula is C23H28N8O2. The molecule has 2 aliphatic heterocycles. The average molecular weight is 449 g/mol. The Labute approximate surface area is 192 Å². The Hall–Kier alpha value is -3.53. The third kappa shape index (κ3) is 3.91. The topological polar surface area (TPSA) is 126 Å². The minimum absolute atomic E-state index is 0.223. The zero-order chi connectivity index (χ0) is 23.0. The van der Waals surface area contributed by atoms with E-state index >= 15 is 0 Å². The van der Waals surface area contributed by atoms with Gasteiger partial charge in [-0.05, 0) is 44.0 Å². The Morgan fingerprint density at radius 2 is 1.79 bits per heavy atom. The lowest BCUT2D eigenvalue weighted by atomic mass is 9.77. The summed E-state index contributed by atoms with van der Waals surface area (Å²) < 4.78 is 5.89. The van der Waals surface area contributed by atoms with Crippen molar-refractivity contribution in [3.8, 4) is 23.0 Å². The summed E-state index contributed by atoms with van der Waals surface area (Å²) in [6.45, 7) is 3.11. The minimum atomic E-state index is -0.223. The van der Waals surface area contributed by atoms with Crippen LogP contribution < -0.4 is 16.0 Å². The Kier molecular flexibility index (Phi) is 5.45. The molecule has 2 aliphatic rings. The first-order chi connectivity index (χ1) is 16.0. The lowest BCUT2D eigenvalue weighted by Gasteiger charge is -2.38. The highest BCUT2D eigenvalue weighted by Crippen LogP contribution is 2.41. The van der Waals surface area contributed by atoms with Gasteiger partial charge in [-0.25, -0.2) is 9.97 Å². The van der Waals surface area contributed by atoms with Crippen molar-refractivity contribution in [3.05, 3.63) is 36.0 Å². The molecule has 0 bridgehead atoms. The van der Waals surface area contributed by atoms with E-state index in [1.165, 1.54) is 0 Å². The molecular weight excluding hydrogens is 420 g/mol. The normalized spacial score (nSPS) is 17.8. The van der Waals surface area contributed by atoms with Crippen LogP contribution in [0.5, 0.6) is 0 Å². The van der Waals surface area contributed by atoms with Crippen LogP contribution in [-0.4, -0.2) is 64.7 Å². The molecule has 0 unspecified atom stereocenters. The number of hydrogen-bond acceptors (Lipinski definition) is 9. The van der Waals surface area contributed by atoms with Gasteiger partial charge in [-0.2, -0.15) is 0 Å². The average Bonchev–Trinajstić information content (AvgIpc) is 3.43. The van der Waals surface area contributed by atoms with E-state index in [4.69, 9.17) is 15.1 Å². The quantitative estimate of drug-likeness (QED) is 0.602. The van der Waals surface area contributed by atoms with E-state index in [1.807, 2.05) is 43.3 Å². The third-order valence-electron chi connectivity index (χ3n) is 6.77. The lowest BCUT2D eigenvalue weighted by Crippen LogP contribution is -2.44. The van der Waals surface area contributed by atoms with Crippen LogP contribution in [0.2, 0.25) is 0 Å². The molecule has 0 saturated carbocycles. The van der Waals surface area contributed by atoms with Crippen LogP contribution in [0.25, 0.3) is 23.0 Å². The second-order valence-electron chi connectivity index (χ2n) is 8.85. The molecule has 10 heteroatoms. The molecule has 2 aromatic heterocycles. The summed E-state index contributed by atoms with van der Waals surface area (Å²) in [6.07, 6.45) is 4.21. The first-order valence-corrected chi connectivity index (χ1v) is 11.2. The van der Waals surface area contributed by atoms with Crippen LogP contribution in [0, 0.1) is 5.41 Å². The van der Waals surface area contributed by atoms with Gasteiger partial charge in [0.15, 0.2) is 11.5 Å². The zero-order valence-corrected chi connectivity index (χ0v) is 18.9. The smallest absolute Gasteiger partial charge is 0.270 e. The van der Waals surface area contributed by atoms with E-state index in [-0.39, 0.29) is 23.0 Å². The second-order valence-corrected chi connectivity index (χ2v) is 8.85.